The van der Waals surface area contributed by atoms with Crippen molar-refractivity contribution < 1.29 is 14.3 Å². The first-order valence-electron chi connectivity index (χ1n) is 10.5. The van der Waals surface area contributed by atoms with Gasteiger partial charge in [0.05, 0.1) is 13.2 Å². The van der Waals surface area contributed by atoms with E-state index in [1.165, 1.54) is 32.1 Å². The second-order valence-corrected chi connectivity index (χ2v) is 8.15. The molecule has 1 aliphatic heterocycles. The van der Waals surface area contributed by atoms with Gasteiger partial charge in [-0.15, -0.1) is 0 Å². The Hall–Kier alpha value is -1.82. The van der Waals surface area contributed by atoms with Crippen molar-refractivity contribution in [2.75, 3.05) is 19.8 Å². The molecule has 1 atom stereocenters. The van der Waals surface area contributed by atoms with Gasteiger partial charge in [-0.2, -0.15) is 0 Å². The van der Waals surface area contributed by atoms with E-state index in [1.807, 2.05) is 12.1 Å². The van der Waals surface area contributed by atoms with Crippen LogP contribution in [0.1, 0.15) is 56.9 Å². The van der Waals surface area contributed by atoms with Crippen molar-refractivity contribution in [3.8, 4) is 5.88 Å². The number of ether oxygens (including phenoxy) is 2. The summed E-state index contributed by atoms with van der Waals surface area (Å²) in [5.41, 5.74) is 1.01. The van der Waals surface area contributed by atoms with Gasteiger partial charge in [-0.05, 0) is 43.2 Å². The Morgan fingerprint density at radius 1 is 1.22 bits per heavy atom. The van der Waals surface area contributed by atoms with Gasteiger partial charge in [-0.1, -0.05) is 19.3 Å². The number of hydrogen-bond donors (Lipinski definition) is 1. The van der Waals surface area contributed by atoms with Crippen LogP contribution in [-0.4, -0.2) is 47.8 Å². The van der Waals surface area contributed by atoms with E-state index in [0.29, 0.717) is 31.0 Å². The first-order valence-corrected chi connectivity index (χ1v) is 10.5. The van der Waals surface area contributed by atoms with Gasteiger partial charge >= 0.3 is 6.03 Å². The molecule has 3 aliphatic rings. The van der Waals surface area contributed by atoms with E-state index in [9.17, 15) is 4.79 Å². The van der Waals surface area contributed by atoms with Gasteiger partial charge in [0.15, 0.2) is 0 Å². The van der Waals surface area contributed by atoms with E-state index in [1.54, 1.807) is 6.20 Å². The quantitative estimate of drug-likeness (QED) is 0.794. The highest BCUT2D eigenvalue weighted by molar-refractivity contribution is 5.75. The Morgan fingerprint density at radius 2 is 2.07 bits per heavy atom. The number of carbonyl (C=O) groups excluding carboxylic acids is 1. The second-order valence-electron chi connectivity index (χ2n) is 8.15. The fraction of sp³-hybridized carbons (Fsp3) is 0.714. The molecule has 1 N–H and O–H groups in total. The van der Waals surface area contributed by atoms with Crippen LogP contribution in [0, 0.1) is 5.92 Å². The minimum Gasteiger partial charge on any atom is -0.472 e. The Bertz CT molecular complexity index is 623. The fourth-order valence-corrected chi connectivity index (χ4v) is 4.11. The number of aromatic nitrogens is 1. The first kappa shape index (κ1) is 18.5. The summed E-state index contributed by atoms with van der Waals surface area (Å²) in [4.78, 5) is 19.2. The molecule has 0 spiro atoms. The van der Waals surface area contributed by atoms with Crippen LogP contribution >= 0.6 is 0 Å². The van der Waals surface area contributed by atoms with E-state index < -0.39 is 0 Å². The molecule has 148 valence electrons. The zero-order chi connectivity index (χ0) is 18.5. The summed E-state index contributed by atoms with van der Waals surface area (Å²) < 4.78 is 11.2. The summed E-state index contributed by atoms with van der Waals surface area (Å²) in [5.74, 6) is 1.29. The zero-order valence-electron chi connectivity index (χ0n) is 16.1. The molecular weight excluding hydrogens is 342 g/mol. The number of rotatable bonds is 7. The zero-order valence-corrected chi connectivity index (χ0v) is 16.1. The summed E-state index contributed by atoms with van der Waals surface area (Å²) in [6.07, 6.45) is 11.6. The van der Waals surface area contributed by atoms with Crippen LogP contribution in [0.4, 0.5) is 4.79 Å². The standard InChI is InChI=1S/C21H31N3O3/c25-21(24(18-6-7-18)14-16-4-2-1-3-5-16)23-13-17-8-10-22-20(12-17)27-19-9-11-26-15-19/h8,10,12,16,18-19H,1-7,9,11,13-15H2,(H,23,25). The molecular formula is C21H31N3O3. The maximum Gasteiger partial charge on any atom is 0.317 e. The van der Waals surface area contributed by atoms with Crippen molar-refractivity contribution >= 4 is 6.03 Å². The molecule has 0 radical (unpaired) electrons. The van der Waals surface area contributed by atoms with Crippen molar-refractivity contribution in [2.24, 2.45) is 5.92 Å². The summed E-state index contributed by atoms with van der Waals surface area (Å²) in [5, 5.41) is 3.11. The minimum absolute atomic E-state index is 0.0755. The molecule has 2 amide bonds. The summed E-state index contributed by atoms with van der Waals surface area (Å²) >= 11 is 0. The lowest BCUT2D eigenvalue weighted by Crippen LogP contribution is -2.43. The van der Waals surface area contributed by atoms with Crippen molar-refractivity contribution in [3.05, 3.63) is 23.9 Å². The first-order chi connectivity index (χ1) is 13.3. The van der Waals surface area contributed by atoms with Crippen LogP contribution in [0.25, 0.3) is 0 Å². The van der Waals surface area contributed by atoms with Crippen LogP contribution < -0.4 is 10.1 Å². The Labute approximate surface area is 161 Å². The van der Waals surface area contributed by atoms with Crippen molar-refractivity contribution in [1.29, 1.82) is 0 Å². The molecule has 1 unspecified atom stereocenters. The van der Waals surface area contributed by atoms with E-state index in [0.717, 1.165) is 38.0 Å². The molecule has 0 aromatic carbocycles. The smallest absolute Gasteiger partial charge is 0.317 e. The van der Waals surface area contributed by atoms with E-state index in [-0.39, 0.29) is 12.1 Å². The van der Waals surface area contributed by atoms with Gasteiger partial charge in [0, 0.05) is 37.8 Å². The molecule has 1 saturated heterocycles. The highest BCUT2D eigenvalue weighted by Gasteiger charge is 2.34. The molecule has 6 heteroatoms. The molecule has 27 heavy (non-hydrogen) atoms. The molecule has 0 bridgehead atoms. The largest absolute Gasteiger partial charge is 0.472 e. The normalized spacial score (nSPS) is 23.2. The molecule has 1 aromatic rings. The van der Waals surface area contributed by atoms with Crippen LogP contribution in [0.15, 0.2) is 18.3 Å². The summed E-state index contributed by atoms with van der Waals surface area (Å²) in [7, 11) is 0. The van der Waals surface area contributed by atoms with E-state index in [2.05, 4.69) is 15.2 Å². The van der Waals surface area contributed by atoms with Gasteiger partial charge in [0.2, 0.25) is 5.88 Å². The van der Waals surface area contributed by atoms with E-state index >= 15 is 0 Å². The number of amides is 2. The molecule has 6 nitrogen and oxygen atoms in total. The van der Waals surface area contributed by atoms with Crippen LogP contribution in [0.5, 0.6) is 5.88 Å². The lowest BCUT2D eigenvalue weighted by Gasteiger charge is -2.30. The van der Waals surface area contributed by atoms with Gasteiger partial charge in [-0.3, -0.25) is 0 Å². The van der Waals surface area contributed by atoms with Crippen LogP contribution in [0.2, 0.25) is 0 Å². The molecule has 1 aromatic heterocycles. The monoisotopic (exact) mass is 373 g/mol. The lowest BCUT2D eigenvalue weighted by molar-refractivity contribution is 0.138. The summed E-state index contributed by atoms with van der Waals surface area (Å²) in [6, 6.07) is 4.37. The number of urea groups is 1. The molecule has 3 fully saturated rings. The van der Waals surface area contributed by atoms with Gasteiger partial charge < -0.3 is 19.7 Å². The molecule has 2 aliphatic carbocycles. The number of nitrogens with zero attached hydrogens (tertiary/aromatic N) is 2. The number of nitrogens with one attached hydrogen (secondary N) is 1. The highest BCUT2D eigenvalue weighted by atomic mass is 16.5. The Morgan fingerprint density at radius 3 is 2.81 bits per heavy atom. The minimum atomic E-state index is 0.0755. The van der Waals surface area contributed by atoms with Gasteiger partial charge in [0.1, 0.15) is 6.10 Å². The predicted molar refractivity (Wildman–Crippen MR) is 103 cm³/mol. The Balaban J connectivity index is 1.29. The summed E-state index contributed by atoms with van der Waals surface area (Å²) in [6.45, 7) is 2.80. The SMILES string of the molecule is O=C(NCc1ccnc(OC2CCOC2)c1)N(CC1CCCCC1)C1CC1. The van der Waals surface area contributed by atoms with Crippen molar-refractivity contribution in [3.63, 3.8) is 0 Å². The van der Waals surface area contributed by atoms with Crippen molar-refractivity contribution in [2.45, 2.75) is 70.1 Å². The highest BCUT2D eigenvalue weighted by Crippen LogP contribution is 2.31. The molecule has 4 rings (SSSR count). The predicted octanol–water partition coefficient (Wildman–Crippen LogP) is 3.50. The van der Waals surface area contributed by atoms with Crippen LogP contribution in [-0.2, 0) is 11.3 Å². The van der Waals surface area contributed by atoms with Crippen LogP contribution in [0.3, 0.4) is 0 Å². The third-order valence-electron chi connectivity index (χ3n) is 5.85. The number of hydrogen-bond acceptors (Lipinski definition) is 4. The third-order valence-corrected chi connectivity index (χ3v) is 5.85. The molecule has 2 heterocycles. The van der Waals surface area contributed by atoms with E-state index in [4.69, 9.17) is 9.47 Å². The topological polar surface area (TPSA) is 63.7 Å². The number of pyridine rings is 1. The van der Waals surface area contributed by atoms with Gasteiger partial charge in [-0.25, -0.2) is 9.78 Å². The lowest BCUT2D eigenvalue weighted by atomic mass is 9.89. The number of carbonyl (C=O) groups is 1. The average molecular weight is 373 g/mol. The van der Waals surface area contributed by atoms with Crippen molar-refractivity contribution in [1.82, 2.24) is 15.2 Å². The fourth-order valence-electron chi connectivity index (χ4n) is 4.11. The second kappa shape index (κ2) is 8.91. The molecule has 2 saturated carbocycles. The maximum atomic E-state index is 12.8. The maximum absolute atomic E-state index is 12.8. The van der Waals surface area contributed by atoms with Gasteiger partial charge in [0.25, 0.3) is 0 Å². The Kier molecular flexibility index (Phi) is 6.12. The third kappa shape index (κ3) is 5.34. The average Bonchev–Trinajstić information content (AvgIpc) is 3.42.